The molecule has 158 valence electrons. The smallest absolute Gasteiger partial charge is 0.444 e. The third-order valence-electron chi connectivity index (χ3n) is 4.55. The predicted molar refractivity (Wildman–Crippen MR) is 107 cm³/mol. The molecule has 0 radical (unpaired) electrons. The number of fused-ring (bicyclic) bond motifs is 1. The van der Waals surface area contributed by atoms with Gasteiger partial charge in [0.05, 0.1) is 16.2 Å². The normalized spacial score (nSPS) is 16.3. The maximum atomic E-state index is 13.3. The van der Waals surface area contributed by atoms with Crippen LogP contribution in [0.2, 0.25) is 5.02 Å². The minimum atomic E-state index is -4.66. The van der Waals surface area contributed by atoms with Crippen LogP contribution in [0.5, 0.6) is 0 Å². The summed E-state index contributed by atoms with van der Waals surface area (Å²) in [6.07, 6.45) is -4.15. The molecular formula is C19H20BrClF3N3O2. The van der Waals surface area contributed by atoms with E-state index in [2.05, 4.69) is 25.9 Å². The van der Waals surface area contributed by atoms with E-state index in [1.807, 2.05) is 0 Å². The van der Waals surface area contributed by atoms with Crippen molar-refractivity contribution in [2.24, 2.45) is 0 Å². The molecule has 0 bridgehead atoms. The van der Waals surface area contributed by atoms with Gasteiger partial charge in [0, 0.05) is 28.9 Å². The molecule has 2 heterocycles. The Morgan fingerprint density at radius 3 is 2.38 bits per heavy atom. The van der Waals surface area contributed by atoms with Crippen LogP contribution in [0.4, 0.5) is 18.0 Å². The Balaban J connectivity index is 1.91. The first-order chi connectivity index (χ1) is 13.3. The van der Waals surface area contributed by atoms with Crippen LogP contribution in [0.3, 0.4) is 0 Å². The fourth-order valence-corrected chi connectivity index (χ4v) is 3.74. The number of amides is 1. The quantitative estimate of drug-likeness (QED) is 0.475. The van der Waals surface area contributed by atoms with Crippen LogP contribution in [-0.2, 0) is 10.9 Å². The number of ether oxygens (including phenoxy) is 1. The summed E-state index contributed by atoms with van der Waals surface area (Å²) >= 11 is 9.39. The zero-order valence-electron chi connectivity index (χ0n) is 16.1. The van der Waals surface area contributed by atoms with Crippen molar-refractivity contribution in [1.82, 2.24) is 14.9 Å². The Morgan fingerprint density at radius 2 is 1.83 bits per heavy atom. The lowest BCUT2D eigenvalue weighted by Crippen LogP contribution is -2.41. The van der Waals surface area contributed by atoms with Gasteiger partial charge in [0.15, 0.2) is 0 Å². The fraction of sp³-hybridized carbons (Fsp3) is 0.526. The molecule has 0 N–H and O–H groups in total. The van der Waals surface area contributed by atoms with Gasteiger partial charge in [-0.2, -0.15) is 13.2 Å². The Hall–Kier alpha value is -1.61. The maximum Gasteiger partial charge on any atom is 0.451 e. The summed E-state index contributed by atoms with van der Waals surface area (Å²) in [5, 5.41) is 0.857. The van der Waals surface area contributed by atoms with E-state index in [0.29, 0.717) is 46.5 Å². The lowest BCUT2D eigenvalue weighted by Gasteiger charge is -2.33. The molecule has 10 heteroatoms. The monoisotopic (exact) mass is 493 g/mol. The van der Waals surface area contributed by atoms with E-state index in [0.717, 1.165) is 0 Å². The minimum Gasteiger partial charge on any atom is -0.444 e. The molecule has 0 atom stereocenters. The van der Waals surface area contributed by atoms with Crippen molar-refractivity contribution in [2.75, 3.05) is 13.1 Å². The Morgan fingerprint density at radius 1 is 1.21 bits per heavy atom. The molecule has 3 rings (SSSR count). The van der Waals surface area contributed by atoms with Crippen LogP contribution in [0, 0.1) is 0 Å². The van der Waals surface area contributed by atoms with Crippen LogP contribution in [-0.4, -0.2) is 39.7 Å². The second kappa shape index (κ2) is 7.91. The zero-order chi connectivity index (χ0) is 21.6. The average Bonchev–Trinajstić information content (AvgIpc) is 2.60. The summed E-state index contributed by atoms with van der Waals surface area (Å²) in [6.45, 7) is 6.09. The van der Waals surface area contributed by atoms with E-state index < -0.39 is 23.7 Å². The van der Waals surface area contributed by atoms with Crippen LogP contribution in [0.15, 0.2) is 16.6 Å². The molecule has 1 saturated heterocycles. The molecule has 5 nitrogen and oxygen atoms in total. The third-order valence-corrected chi connectivity index (χ3v) is 5.75. The van der Waals surface area contributed by atoms with Gasteiger partial charge < -0.3 is 9.64 Å². The van der Waals surface area contributed by atoms with Crippen molar-refractivity contribution in [2.45, 2.75) is 51.3 Å². The number of alkyl halides is 3. The number of aromatic nitrogens is 2. The van der Waals surface area contributed by atoms with Crippen LogP contribution in [0.1, 0.15) is 51.0 Å². The summed E-state index contributed by atoms with van der Waals surface area (Å²) in [6, 6.07) is 3.05. The van der Waals surface area contributed by atoms with Crippen molar-refractivity contribution in [1.29, 1.82) is 0 Å². The molecule has 0 spiro atoms. The first-order valence-electron chi connectivity index (χ1n) is 9.07. The van der Waals surface area contributed by atoms with E-state index in [4.69, 9.17) is 16.3 Å². The number of hydrogen-bond donors (Lipinski definition) is 0. The number of carbonyl (C=O) groups is 1. The number of likely N-dealkylation sites (tertiary alicyclic amines) is 1. The minimum absolute atomic E-state index is 0.174. The summed E-state index contributed by atoms with van der Waals surface area (Å²) < 4.78 is 45.8. The summed E-state index contributed by atoms with van der Waals surface area (Å²) in [4.78, 5) is 21.3. The van der Waals surface area contributed by atoms with E-state index >= 15 is 0 Å². The average molecular weight is 495 g/mol. The standard InChI is InChI=1S/C19H20BrClF3N3O2/c1-18(2,3)29-17(28)27-6-4-10(5-7-27)15-11-8-13(21)12(20)9-14(11)25-16(26-15)19(22,23)24/h8-10H,4-7H2,1-3H3. The molecule has 0 unspecified atom stereocenters. The van der Waals surface area contributed by atoms with Gasteiger partial charge in [0.25, 0.3) is 0 Å². The Kier molecular flexibility index (Phi) is 6.02. The first kappa shape index (κ1) is 22.1. The van der Waals surface area contributed by atoms with Crippen molar-refractivity contribution < 1.29 is 22.7 Å². The van der Waals surface area contributed by atoms with Crippen LogP contribution < -0.4 is 0 Å². The number of halogens is 5. The van der Waals surface area contributed by atoms with Crippen LogP contribution in [0.25, 0.3) is 10.9 Å². The SMILES string of the molecule is CC(C)(C)OC(=O)N1CCC(c2nc(C(F)(F)F)nc3cc(Br)c(Cl)cc23)CC1. The van der Waals surface area contributed by atoms with Gasteiger partial charge in [-0.05, 0) is 61.7 Å². The highest BCUT2D eigenvalue weighted by molar-refractivity contribution is 9.10. The molecular weight excluding hydrogens is 475 g/mol. The molecule has 1 aromatic heterocycles. The van der Waals surface area contributed by atoms with Gasteiger partial charge in [-0.15, -0.1) is 0 Å². The molecule has 0 aliphatic carbocycles. The molecule has 1 aliphatic heterocycles. The van der Waals surface area contributed by atoms with E-state index in [1.165, 1.54) is 6.07 Å². The van der Waals surface area contributed by atoms with Gasteiger partial charge in [-0.1, -0.05) is 11.6 Å². The van der Waals surface area contributed by atoms with Crippen molar-refractivity contribution in [3.05, 3.63) is 33.1 Å². The topological polar surface area (TPSA) is 55.3 Å². The number of hydrogen-bond acceptors (Lipinski definition) is 4. The summed E-state index contributed by atoms with van der Waals surface area (Å²) in [7, 11) is 0. The summed E-state index contributed by atoms with van der Waals surface area (Å²) in [5.41, 5.74) is -0.128. The molecule has 1 amide bonds. The highest BCUT2D eigenvalue weighted by Crippen LogP contribution is 2.37. The van der Waals surface area contributed by atoms with Gasteiger partial charge in [0.2, 0.25) is 5.82 Å². The molecule has 29 heavy (non-hydrogen) atoms. The highest BCUT2D eigenvalue weighted by Gasteiger charge is 2.37. The Labute approximate surface area is 179 Å². The molecule has 2 aromatic rings. The second-order valence-corrected chi connectivity index (χ2v) is 9.22. The lowest BCUT2D eigenvalue weighted by molar-refractivity contribution is -0.144. The third kappa shape index (κ3) is 5.12. The summed E-state index contributed by atoms with van der Waals surface area (Å²) in [5.74, 6) is -1.43. The van der Waals surface area contributed by atoms with Gasteiger partial charge >= 0.3 is 12.3 Å². The molecule has 1 aliphatic rings. The highest BCUT2D eigenvalue weighted by atomic mass is 79.9. The largest absolute Gasteiger partial charge is 0.451 e. The Bertz CT molecular complexity index is 939. The number of carbonyl (C=O) groups excluding carboxylic acids is 1. The fourth-order valence-electron chi connectivity index (χ4n) is 3.25. The van der Waals surface area contributed by atoms with Crippen molar-refractivity contribution >= 4 is 44.5 Å². The zero-order valence-corrected chi connectivity index (χ0v) is 18.5. The molecule has 1 aromatic carbocycles. The first-order valence-corrected chi connectivity index (χ1v) is 10.2. The number of nitrogens with zero attached hydrogens (tertiary/aromatic N) is 3. The number of benzene rings is 1. The van der Waals surface area contributed by atoms with Crippen molar-refractivity contribution in [3.8, 4) is 0 Å². The van der Waals surface area contributed by atoms with E-state index in [9.17, 15) is 18.0 Å². The second-order valence-electron chi connectivity index (χ2n) is 7.96. The number of piperidine rings is 1. The number of rotatable bonds is 1. The molecule has 1 fully saturated rings. The van der Waals surface area contributed by atoms with Crippen molar-refractivity contribution in [3.63, 3.8) is 0 Å². The lowest BCUT2D eigenvalue weighted by atomic mass is 9.91. The van der Waals surface area contributed by atoms with Crippen LogP contribution >= 0.6 is 27.5 Å². The maximum absolute atomic E-state index is 13.3. The van der Waals surface area contributed by atoms with E-state index in [1.54, 1.807) is 31.7 Å². The van der Waals surface area contributed by atoms with Gasteiger partial charge in [0.1, 0.15) is 5.60 Å². The molecule has 0 saturated carbocycles. The van der Waals surface area contributed by atoms with Gasteiger partial charge in [-0.25, -0.2) is 14.8 Å². The van der Waals surface area contributed by atoms with E-state index in [-0.39, 0.29) is 11.4 Å². The van der Waals surface area contributed by atoms with Gasteiger partial charge in [-0.3, -0.25) is 0 Å². The predicted octanol–water partition coefficient (Wildman–Crippen LogP) is 6.18.